The summed E-state index contributed by atoms with van der Waals surface area (Å²) in [4.78, 5) is 0. The van der Waals surface area contributed by atoms with Crippen molar-refractivity contribution >= 4 is 24.0 Å². The molecule has 0 unspecified atom stereocenters. The molecule has 2 aromatic rings. The monoisotopic (exact) mass is 172 g/mol. The van der Waals surface area contributed by atoms with Gasteiger partial charge in [-0.15, -0.1) is 0 Å². The molecule has 0 amide bonds. The minimum atomic E-state index is 1.32. The van der Waals surface area contributed by atoms with Gasteiger partial charge in [0.1, 0.15) is 0 Å². The third-order valence-electron chi connectivity index (χ3n) is 1.94. The number of rotatable bonds is 1. The predicted molar refractivity (Wildman–Crippen MR) is 57.9 cm³/mol. The Hall–Kier alpha value is -1.02. The van der Waals surface area contributed by atoms with E-state index < -0.39 is 0 Å². The lowest BCUT2D eigenvalue weighted by molar-refractivity contribution is 1.69. The first kappa shape index (κ1) is 7.62. The quantitative estimate of drug-likeness (QED) is 0.574. The van der Waals surface area contributed by atoms with E-state index in [4.69, 9.17) is 0 Å². The second-order valence-electron chi connectivity index (χ2n) is 2.76. The molecular formula is C10H9BS. The molecule has 0 spiro atoms. The molecule has 58 valence electrons. The van der Waals surface area contributed by atoms with Gasteiger partial charge >= 0.3 is 0 Å². The molecule has 0 saturated carbocycles. The van der Waals surface area contributed by atoms with Gasteiger partial charge in [0.2, 0.25) is 0 Å². The van der Waals surface area contributed by atoms with Gasteiger partial charge in [-0.3, -0.25) is 0 Å². The summed E-state index contributed by atoms with van der Waals surface area (Å²) in [7, 11) is 2.16. The van der Waals surface area contributed by atoms with Crippen molar-refractivity contribution < 1.29 is 0 Å². The predicted octanol–water partition coefficient (Wildman–Crippen LogP) is 1.67. The fraction of sp³-hybridized carbons (Fsp3) is 0. The summed E-state index contributed by atoms with van der Waals surface area (Å²) in [6, 6.07) is 12.7. The Morgan fingerprint density at radius 3 is 2.33 bits per heavy atom. The molecule has 2 rings (SSSR count). The molecule has 0 aliphatic heterocycles. The maximum Gasteiger partial charge on any atom is 0.153 e. The Bertz CT molecular complexity index is 364. The zero-order chi connectivity index (χ0) is 8.39. The number of thiophene rings is 1. The molecule has 0 aliphatic carbocycles. The van der Waals surface area contributed by atoms with E-state index in [2.05, 4.69) is 43.6 Å². The van der Waals surface area contributed by atoms with Crippen molar-refractivity contribution in [3.8, 4) is 11.1 Å². The first-order valence-corrected chi connectivity index (χ1v) is 4.85. The van der Waals surface area contributed by atoms with Crippen molar-refractivity contribution in [3.63, 3.8) is 0 Å². The van der Waals surface area contributed by atoms with Crippen LogP contribution in [0.1, 0.15) is 0 Å². The zero-order valence-corrected chi connectivity index (χ0v) is 7.77. The van der Waals surface area contributed by atoms with Gasteiger partial charge in [-0.1, -0.05) is 30.3 Å². The van der Waals surface area contributed by atoms with Gasteiger partial charge < -0.3 is 0 Å². The molecule has 0 aliphatic rings. The van der Waals surface area contributed by atoms with Gasteiger partial charge in [-0.25, -0.2) is 0 Å². The summed E-state index contributed by atoms with van der Waals surface area (Å²) in [5.74, 6) is 0. The van der Waals surface area contributed by atoms with Crippen molar-refractivity contribution in [2.75, 3.05) is 0 Å². The van der Waals surface area contributed by atoms with Crippen molar-refractivity contribution in [1.29, 1.82) is 0 Å². The van der Waals surface area contributed by atoms with E-state index in [0.717, 1.165) is 0 Å². The highest BCUT2D eigenvalue weighted by atomic mass is 32.1. The highest BCUT2D eigenvalue weighted by Crippen LogP contribution is 2.18. The molecule has 0 saturated heterocycles. The van der Waals surface area contributed by atoms with E-state index in [1.165, 1.54) is 15.9 Å². The number of hydrogen-bond acceptors (Lipinski definition) is 1. The molecule has 0 N–H and O–H groups in total. The van der Waals surface area contributed by atoms with Crippen molar-refractivity contribution in [3.05, 3.63) is 41.8 Å². The maximum absolute atomic E-state index is 2.18. The molecule has 2 heteroatoms. The summed E-state index contributed by atoms with van der Waals surface area (Å²) in [5.41, 5.74) is 2.68. The molecule has 1 aromatic heterocycles. The Morgan fingerprint density at radius 1 is 1.00 bits per heavy atom. The summed E-state index contributed by atoms with van der Waals surface area (Å²) in [6.07, 6.45) is 0. The molecule has 1 aromatic carbocycles. The van der Waals surface area contributed by atoms with Gasteiger partial charge in [-0.05, 0) is 27.3 Å². The average molecular weight is 172 g/mol. The molecule has 0 radical (unpaired) electrons. The zero-order valence-electron chi connectivity index (χ0n) is 6.95. The minimum Gasteiger partial charge on any atom is -0.159 e. The van der Waals surface area contributed by atoms with E-state index in [1.54, 1.807) is 11.3 Å². The highest BCUT2D eigenvalue weighted by Gasteiger charge is 1.99. The standard InChI is InChI=1S/C10H9BS/c11-10-9(6-7-12-10)8-4-2-1-3-5-8/h1-7H,11H2. The molecule has 12 heavy (non-hydrogen) atoms. The van der Waals surface area contributed by atoms with Crippen LogP contribution in [-0.2, 0) is 0 Å². The van der Waals surface area contributed by atoms with Crippen molar-refractivity contribution in [2.45, 2.75) is 0 Å². The van der Waals surface area contributed by atoms with Gasteiger partial charge in [-0.2, -0.15) is 11.3 Å². The normalized spacial score (nSPS) is 10.0. The van der Waals surface area contributed by atoms with Crippen LogP contribution in [0.2, 0.25) is 0 Å². The van der Waals surface area contributed by atoms with Gasteiger partial charge in [0.05, 0.1) is 0 Å². The molecular weight excluding hydrogens is 163 g/mol. The lowest BCUT2D eigenvalue weighted by atomic mass is 9.97. The summed E-state index contributed by atoms with van der Waals surface area (Å²) < 4.78 is 1.39. The lowest BCUT2D eigenvalue weighted by Crippen LogP contribution is -1.97. The van der Waals surface area contributed by atoms with Crippen LogP contribution in [-0.4, -0.2) is 7.85 Å². The Morgan fingerprint density at radius 2 is 1.75 bits per heavy atom. The fourth-order valence-corrected chi connectivity index (χ4v) is 2.02. The van der Waals surface area contributed by atoms with E-state index in [1.807, 2.05) is 6.07 Å². The third-order valence-corrected chi connectivity index (χ3v) is 2.79. The van der Waals surface area contributed by atoms with Gasteiger partial charge in [0, 0.05) is 0 Å². The van der Waals surface area contributed by atoms with E-state index in [0.29, 0.717) is 0 Å². The summed E-state index contributed by atoms with van der Waals surface area (Å²) in [5, 5.41) is 2.14. The Labute approximate surface area is 77.3 Å². The van der Waals surface area contributed by atoms with Crippen LogP contribution < -0.4 is 4.78 Å². The molecule has 0 bridgehead atoms. The van der Waals surface area contributed by atoms with Crippen LogP contribution >= 0.6 is 11.3 Å². The highest BCUT2D eigenvalue weighted by molar-refractivity contribution is 7.19. The smallest absolute Gasteiger partial charge is 0.153 e. The van der Waals surface area contributed by atoms with E-state index in [-0.39, 0.29) is 0 Å². The first-order valence-electron chi connectivity index (χ1n) is 3.97. The number of benzene rings is 1. The third kappa shape index (κ3) is 1.30. The van der Waals surface area contributed by atoms with Crippen LogP contribution in [0.5, 0.6) is 0 Å². The van der Waals surface area contributed by atoms with Crippen molar-refractivity contribution in [2.24, 2.45) is 0 Å². The van der Waals surface area contributed by atoms with Crippen LogP contribution in [0.15, 0.2) is 41.8 Å². The SMILES string of the molecule is Bc1sccc1-c1ccccc1. The largest absolute Gasteiger partial charge is 0.159 e. The number of hydrogen-bond donors (Lipinski definition) is 0. The molecule has 0 fully saturated rings. The van der Waals surface area contributed by atoms with Crippen molar-refractivity contribution in [1.82, 2.24) is 0 Å². The van der Waals surface area contributed by atoms with Crippen LogP contribution in [0.25, 0.3) is 11.1 Å². The fourth-order valence-electron chi connectivity index (χ4n) is 1.30. The maximum atomic E-state index is 2.18. The average Bonchev–Trinajstić information content (AvgIpc) is 2.53. The molecule has 0 nitrogen and oxygen atoms in total. The second kappa shape index (κ2) is 3.15. The van der Waals surface area contributed by atoms with E-state index in [9.17, 15) is 0 Å². The Kier molecular flexibility index (Phi) is 2.00. The minimum absolute atomic E-state index is 1.32. The van der Waals surface area contributed by atoms with Crippen LogP contribution in [0, 0.1) is 0 Å². The van der Waals surface area contributed by atoms with E-state index >= 15 is 0 Å². The summed E-state index contributed by atoms with van der Waals surface area (Å²) in [6.45, 7) is 0. The topological polar surface area (TPSA) is 0 Å². The van der Waals surface area contributed by atoms with Crippen LogP contribution in [0.3, 0.4) is 0 Å². The molecule has 1 heterocycles. The van der Waals surface area contributed by atoms with Gasteiger partial charge in [0.25, 0.3) is 0 Å². The lowest BCUT2D eigenvalue weighted by Gasteiger charge is -1.98. The first-order chi connectivity index (χ1) is 5.88. The Balaban J connectivity index is 2.51. The van der Waals surface area contributed by atoms with Gasteiger partial charge in [0.15, 0.2) is 7.85 Å². The van der Waals surface area contributed by atoms with Crippen LogP contribution in [0.4, 0.5) is 0 Å². The molecule has 0 atom stereocenters. The summed E-state index contributed by atoms with van der Waals surface area (Å²) >= 11 is 1.80. The second-order valence-corrected chi connectivity index (χ2v) is 3.88.